The number of hydrogen-bond acceptors (Lipinski definition) is 4. The highest BCUT2D eigenvalue weighted by molar-refractivity contribution is 5.73. The van der Waals surface area contributed by atoms with Crippen molar-refractivity contribution in [3.63, 3.8) is 0 Å². The fourth-order valence-corrected chi connectivity index (χ4v) is 1.47. The summed E-state index contributed by atoms with van der Waals surface area (Å²) in [6, 6.07) is 5.29. The Morgan fingerprint density at radius 2 is 1.94 bits per heavy atom. The van der Waals surface area contributed by atoms with Crippen LogP contribution in [0.5, 0.6) is 0 Å². The van der Waals surface area contributed by atoms with Crippen molar-refractivity contribution in [1.29, 1.82) is 0 Å². The molecule has 0 saturated carbocycles. The summed E-state index contributed by atoms with van der Waals surface area (Å²) < 4.78 is 0. The normalized spacial score (nSPS) is 12.4. The molecule has 0 heterocycles. The average Bonchev–Trinajstić information content (AvgIpc) is 2.25. The van der Waals surface area contributed by atoms with Gasteiger partial charge in [-0.15, -0.1) is 0 Å². The molecule has 0 amide bonds. The fraction of sp³-hybridized carbons (Fsp3) is 0.364. The van der Waals surface area contributed by atoms with Gasteiger partial charge in [-0.25, -0.2) is 0 Å². The van der Waals surface area contributed by atoms with Crippen molar-refractivity contribution in [2.24, 2.45) is 0 Å². The maximum absolute atomic E-state index is 11.0. The van der Waals surface area contributed by atoms with Crippen molar-refractivity contribution in [3.05, 3.63) is 39.9 Å². The summed E-state index contributed by atoms with van der Waals surface area (Å²) in [5.74, 6) is -0.909. The Hall–Kier alpha value is -1.95. The van der Waals surface area contributed by atoms with E-state index in [1.165, 1.54) is 12.1 Å². The number of non-ortho nitro benzene ring substituents is 1. The summed E-state index contributed by atoms with van der Waals surface area (Å²) in [6.07, 6.45) is 0.320. The number of nitro benzene ring substituents is 1. The second-order valence-corrected chi connectivity index (χ2v) is 3.95. The van der Waals surface area contributed by atoms with Crippen molar-refractivity contribution in [2.75, 3.05) is 14.1 Å². The molecular formula is C11H14N2O4. The van der Waals surface area contributed by atoms with Gasteiger partial charge in [-0.3, -0.25) is 19.8 Å². The zero-order valence-corrected chi connectivity index (χ0v) is 9.66. The Bertz CT molecular complexity index is 414. The second kappa shape index (κ2) is 5.40. The van der Waals surface area contributed by atoms with Gasteiger partial charge in [0.15, 0.2) is 0 Å². The summed E-state index contributed by atoms with van der Waals surface area (Å²) in [4.78, 5) is 22.5. The SMILES string of the molecule is CN(C)[C@@H](Cc1ccc([N+](=O)[O-])cc1)C(=O)O. The largest absolute Gasteiger partial charge is 0.480 e. The third kappa shape index (κ3) is 3.53. The van der Waals surface area contributed by atoms with Crippen molar-refractivity contribution in [3.8, 4) is 0 Å². The van der Waals surface area contributed by atoms with Crippen LogP contribution in [0.3, 0.4) is 0 Å². The van der Waals surface area contributed by atoms with Crippen molar-refractivity contribution in [1.82, 2.24) is 4.90 Å². The zero-order valence-electron chi connectivity index (χ0n) is 9.66. The van der Waals surface area contributed by atoms with Gasteiger partial charge in [-0.2, -0.15) is 0 Å². The monoisotopic (exact) mass is 238 g/mol. The Labute approximate surface area is 98.6 Å². The molecule has 6 heteroatoms. The van der Waals surface area contributed by atoms with Crippen LogP contribution in [0.2, 0.25) is 0 Å². The summed E-state index contributed by atoms with van der Waals surface area (Å²) in [7, 11) is 3.37. The molecule has 1 aromatic carbocycles. The Morgan fingerprint density at radius 3 is 2.29 bits per heavy atom. The molecule has 0 fully saturated rings. The van der Waals surface area contributed by atoms with Crippen LogP contribution < -0.4 is 0 Å². The quantitative estimate of drug-likeness (QED) is 0.614. The van der Waals surface area contributed by atoms with E-state index in [0.717, 1.165) is 5.56 Å². The van der Waals surface area contributed by atoms with Crippen molar-refractivity contribution in [2.45, 2.75) is 12.5 Å². The molecule has 0 aromatic heterocycles. The second-order valence-electron chi connectivity index (χ2n) is 3.95. The van der Waals surface area contributed by atoms with Crippen LogP contribution in [0.4, 0.5) is 5.69 Å². The standard InChI is InChI=1S/C11H14N2O4/c1-12(2)10(11(14)15)7-8-3-5-9(6-4-8)13(16)17/h3-6,10H,7H2,1-2H3,(H,14,15)/t10-/m0/s1. The Morgan fingerprint density at radius 1 is 1.41 bits per heavy atom. The lowest BCUT2D eigenvalue weighted by atomic mass is 10.1. The highest BCUT2D eigenvalue weighted by Crippen LogP contribution is 2.14. The molecule has 1 rings (SSSR count). The van der Waals surface area contributed by atoms with Crippen LogP contribution in [-0.4, -0.2) is 41.0 Å². The molecule has 0 radical (unpaired) electrons. The maximum Gasteiger partial charge on any atom is 0.321 e. The lowest BCUT2D eigenvalue weighted by Crippen LogP contribution is -2.37. The molecule has 1 aromatic rings. The first kappa shape index (κ1) is 13.1. The van der Waals surface area contributed by atoms with Crippen LogP contribution in [0.15, 0.2) is 24.3 Å². The third-order valence-electron chi connectivity index (χ3n) is 2.48. The summed E-state index contributed by atoms with van der Waals surface area (Å²) in [5.41, 5.74) is 0.766. The van der Waals surface area contributed by atoms with E-state index in [1.807, 2.05) is 0 Å². The Balaban J connectivity index is 2.80. The third-order valence-corrected chi connectivity index (χ3v) is 2.48. The van der Waals surface area contributed by atoms with Gasteiger partial charge in [0.1, 0.15) is 6.04 Å². The molecule has 17 heavy (non-hydrogen) atoms. The Kier molecular flexibility index (Phi) is 4.17. The number of carbonyl (C=O) groups is 1. The molecule has 0 aliphatic heterocycles. The van der Waals surface area contributed by atoms with Gasteiger partial charge in [0.05, 0.1) is 4.92 Å². The molecule has 1 N–H and O–H groups in total. The molecule has 0 unspecified atom stereocenters. The lowest BCUT2D eigenvalue weighted by Gasteiger charge is -2.19. The molecular weight excluding hydrogens is 224 g/mol. The molecule has 0 saturated heterocycles. The van der Waals surface area contributed by atoms with Crippen LogP contribution in [-0.2, 0) is 11.2 Å². The van der Waals surface area contributed by atoms with Gasteiger partial charge in [-0.05, 0) is 26.1 Å². The molecule has 0 spiro atoms. The summed E-state index contributed by atoms with van der Waals surface area (Å²) >= 11 is 0. The van der Waals surface area contributed by atoms with Crippen LogP contribution in [0.1, 0.15) is 5.56 Å². The maximum atomic E-state index is 11.0. The van der Waals surface area contributed by atoms with E-state index in [0.29, 0.717) is 6.42 Å². The number of nitro groups is 1. The zero-order chi connectivity index (χ0) is 13.0. The number of likely N-dealkylation sites (N-methyl/N-ethyl adjacent to an activating group) is 1. The van der Waals surface area contributed by atoms with E-state index in [4.69, 9.17) is 5.11 Å². The average molecular weight is 238 g/mol. The number of carboxylic acid groups (broad SMARTS) is 1. The molecule has 6 nitrogen and oxygen atoms in total. The minimum atomic E-state index is -0.909. The number of rotatable bonds is 5. The highest BCUT2D eigenvalue weighted by Gasteiger charge is 2.20. The number of hydrogen-bond donors (Lipinski definition) is 1. The van der Waals surface area contributed by atoms with E-state index < -0.39 is 16.9 Å². The van der Waals surface area contributed by atoms with Crippen molar-refractivity contribution >= 4 is 11.7 Å². The minimum Gasteiger partial charge on any atom is -0.480 e. The number of nitrogens with zero attached hydrogens (tertiary/aromatic N) is 2. The lowest BCUT2D eigenvalue weighted by molar-refractivity contribution is -0.384. The fourth-order valence-electron chi connectivity index (χ4n) is 1.47. The van der Waals surface area contributed by atoms with E-state index in [9.17, 15) is 14.9 Å². The first-order valence-electron chi connectivity index (χ1n) is 5.04. The molecule has 0 aliphatic carbocycles. The molecule has 0 aliphatic rings. The minimum absolute atomic E-state index is 0.00507. The highest BCUT2D eigenvalue weighted by atomic mass is 16.6. The van der Waals surface area contributed by atoms with Crippen molar-refractivity contribution < 1.29 is 14.8 Å². The molecule has 0 bridgehead atoms. The number of benzene rings is 1. The predicted molar refractivity (Wildman–Crippen MR) is 61.9 cm³/mol. The molecule has 1 atom stereocenters. The van der Waals surface area contributed by atoms with Crippen LogP contribution in [0, 0.1) is 10.1 Å². The van der Waals surface area contributed by atoms with Gasteiger partial charge < -0.3 is 5.11 Å². The number of carboxylic acids is 1. The van der Waals surface area contributed by atoms with Crippen LogP contribution >= 0.6 is 0 Å². The predicted octanol–water partition coefficient (Wildman–Crippen LogP) is 1.15. The summed E-state index contributed by atoms with van der Waals surface area (Å²) in [5, 5.41) is 19.5. The van der Waals surface area contributed by atoms with E-state index in [-0.39, 0.29) is 5.69 Å². The summed E-state index contributed by atoms with van der Waals surface area (Å²) in [6.45, 7) is 0. The van der Waals surface area contributed by atoms with Gasteiger partial charge in [0.25, 0.3) is 5.69 Å². The first-order valence-corrected chi connectivity index (χ1v) is 5.04. The number of aliphatic carboxylic acids is 1. The van der Waals surface area contributed by atoms with Gasteiger partial charge in [0.2, 0.25) is 0 Å². The van der Waals surface area contributed by atoms with E-state index in [1.54, 1.807) is 31.1 Å². The van der Waals surface area contributed by atoms with Gasteiger partial charge in [0, 0.05) is 12.1 Å². The molecule has 92 valence electrons. The van der Waals surface area contributed by atoms with E-state index in [2.05, 4.69) is 0 Å². The van der Waals surface area contributed by atoms with Crippen LogP contribution in [0.25, 0.3) is 0 Å². The van der Waals surface area contributed by atoms with Gasteiger partial charge in [-0.1, -0.05) is 12.1 Å². The first-order chi connectivity index (χ1) is 7.91. The topological polar surface area (TPSA) is 83.7 Å². The van der Waals surface area contributed by atoms with E-state index >= 15 is 0 Å². The van der Waals surface area contributed by atoms with Gasteiger partial charge >= 0.3 is 5.97 Å². The smallest absolute Gasteiger partial charge is 0.321 e.